The molecule has 5 nitrogen and oxygen atoms in total. The van der Waals surface area contributed by atoms with Crippen LogP contribution in [0.1, 0.15) is 13.8 Å². The fourth-order valence-electron chi connectivity index (χ4n) is 2.11. The van der Waals surface area contributed by atoms with Crippen LogP contribution in [0, 0.1) is 0 Å². The Morgan fingerprint density at radius 1 is 1.09 bits per heavy atom. The molecule has 0 fully saturated rings. The van der Waals surface area contributed by atoms with Gasteiger partial charge in [0.1, 0.15) is 5.75 Å². The molecule has 2 amide bonds. The highest BCUT2D eigenvalue weighted by molar-refractivity contribution is 6.35. The van der Waals surface area contributed by atoms with E-state index in [1.54, 1.807) is 12.1 Å². The Morgan fingerprint density at radius 3 is 2.48 bits per heavy atom. The summed E-state index contributed by atoms with van der Waals surface area (Å²) in [6, 6.07) is 11.0. The number of fused-ring (bicyclic) bond motifs is 1. The normalized spacial score (nSPS) is 10.6. The van der Waals surface area contributed by atoms with Gasteiger partial charge in [0.25, 0.3) is 5.91 Å². The van der Waals surface area contributed by atoms with Crippen LogP contribution in [0.3, 0.4) is 0 Å². The zero-order valence-electron chi connectivity index (χ0n) is 13.1. The van der Waals surface area contributed by atoms with Gasteiger partial charge in [-0.3, -0.25) is 9.59 Å². The first kappa shape index (κ1) is 17.1. The zero-order valence-corrected chi connectivity index (χ0v) is 13.8. The standard InChI is InChI=1S/C17H19ClN2O3/c1-11(2)20-16(21)9-19-17(22)10-23-15-8-7-14(18)12-5-3-4-6-13(12)15/h3-8,11H,9-10H2,1-2H3,(H,19,22)(H,20,21). The largest absolute Gasteiger partial charge is 0.483 e. The van der Waals surface area contributed by atoms with Crippen molar-refractivity contribution in [1.29, 1.82) is 0 Å². The van der Waals surface area contributed by atoms with E-state index in [2.05, 4.69) is 10.6 Å². The van der Waals surface area contributed by atoms with Crippen LogP contribution in [0.5, 0.6) is 5.75 Å². The summed E-state index contributed by atoms with van der Waals surface area (Å²) in [4.78, 5) is 23.2. The summed E-state index contributed by atoms with van der Waals surface area (Å²) in [7, 11) is 0. The Labute approximate surface area is 140 Å². The average molecular weight is 335 g/mol. The molecular formula is C17H19ClN2O3. The molecule has 0 aliphatic heterocycles. The molecule has 0 heterocycles. The smallest absolute Gasteiger partial charge is 0.258 e. The number of rotatable bonds is 6. The van der Waals surface area contributed by atoms with Crippen LogP contribution in [0.15, 0.2) is 36.4 Å². The molecule has 0 radical (unpaired) electrons. The number of amides is 2. The second-order valence-electron chi connectivity index (χ2n) is 5.38. The van der Waals surface area contributed by atoms with E-state index < -0.39 is 0 Å². The Hall–Kier alpha value is -2.27. The van der Waals surface area contributed by atoms with Crippen LogP contribution in [-0.2, 0) is 9.59 Å². The van der Waals surface area contributed by atoms with Gasteiger partial charge in [-0.1, -0.05) is 35.9 Å². The molecule has 122 valence electrons. The van der Waals surface area contributed by atoms with E-state index in [0.717, 1.165) is 10.8 Å². The number of carbonyl (C=O) groups is 2. The predicted octanol–water partition coefficient (Wildman–Crippen LogP) is 2.51. The van der Waals surface area contributed by atoms with Gasteiger partial charge in [0.15, 0.2) is 6.61 Å². The first-order valence-corrected chi connectivity index (χ1v) is 7.71. The quantitative estimate of drug-likeness (QED) is 0.853. The number of halogens is 1. The van der Waals surface area contributed by atoms with E-state index in [1.807, 2.05) is 38.1 Å². The molecule has 23 heavy (non-hydrogen) atoms. The number of hydrogen-bond acceptors (Lipinski definition) is 3. The number of nitrogens with one attached hydrogen (secondary N) is 2. The lowest BCUT2D eigenvalue weighted by molar-refractivity contribution is -0.127. The van der Waals surface area contributed by atoms with Crippen molar-refractivity contribution in [3.63, 3.8) is 0 Å². The molecule has 2 aromatic carbocycles. The number of hydrogen-bond donors (Lipinski definition) is 2. The van der Waals surface area contributed by atoms with Crippen molar-refractivity contribution in [2.24, 2.45) is 0 Å². The predicted molar refractivity (Wildman–Crippen MR) is 90.7 cm³/mol. The molecule has 0 bridgehead atoms. The van der Waals surface area contributed by atoms with Gasteiger partial charge in [-0.25, -0.2) is 0 Å². The molecule has 0 unspecified atom stereocenters. The molecule has 0 aromatic heterocycles. The van der Waals surface area contributed by atoms with Crippen molar-refractivity contribution < 1.29 is 14.3 Å². The van der Waals surface area contributed by atoms with E-state index in [4.69, 9.17) is 16.3 Å². The molecule has 0 aliphatic rings. The third-order valence-electron chi connectivity index (χ3n) is 3.09. The van der Waals surface area contributed by atoms with Crippen LogP contribution < -0.4 is 15.4 Å². The fourth-order valence-corrected chi connectivity index (χ4v) is 2.33. The van der Waals surface area contributed by atoms with Gasteiger partial charge < -0.3 is 15.4 Å². The van der Waals surface area contributed by atoms with Crippen molar-refractivity contribution in [2.75, 3.05) is 13.2 Å². The minimum Gasteiger partial charge on any atom is -0.483 e. The van der Waals surface area contributed by atoms with Gasteiger partial charge in [0, 0.05) is 21.8 Å². The van der Waals surface area contributed by atoms with Crippen molar-refractivity contribution in [3.05, 3.63) is 41.4 Å². The van der Waals surface area contributed by atoms with Crippen molar-refractivity contribution in [3.8, 4) is 5.75 Å². The Bertz CT molecular complexity index is 716. The maximum Gasteiger partial charge on any atom is 0.258 e. The number of ether oxygens (including phenoxy) is 1. The van der Waals surface area contributed by atoms with Crippen LogP contribution in [0.4, 0.5) is 0 Å². The lowest BCUT2D eigenvalue weighted by Crippen LogP contribution is -2.41. The third kappa shape index (κ3) is 4.86. The van der Waals surface area contributed by atoms with Crippen LogP contribution >= 0.6 is 11.6 Å². The first-order valence-electron chi connectivity index (χ1n) is 7.33. The summed E-state index contributed by atoms with van der Waals surface area (Å²) in [5, 5.41) is 7.54. The molecule has 6 heteroatoms. The summed E-state index contributed by atoms with van der Waals surface area (Å²) in [5.41, 5.74) is 0. The molecule has 2 aromatic rings. The van der Waals surface area contributed by atoms with Gasteiger partial charge >= 0.3 is 0 Å². The van der Waals surface area contributed by atoms with E-state index in [-0.39, 0.29) is 31.0 Å². The van der Waals surface area contributed by atoms with Gasteiger partial charge in [0.2, 0.25) is 5.91 Å². The van der Waals surface area contributed by atoms with E-state index in [9.17, 15) is 9.59 Å². The van der Waals surface area contributed by atoms with E-state index in [0.29, 0.717) is 10.8 Å². The minimum atomic E-state index is -0.358. The summed E-state index contributed by atoms with van der Waals surface area (Å²) in [6.45, 7) is 3.48. The Morgan fingerprint density at radius 2 is 1.78 bits per heavy atom. The van der Waals surface area contributed by atoms with Gasteiger partial charge in [-0.2, -0.15) is 0 Å². The highest BCUT2D eigenvalue weighted by Gasteiger charge is 2.09. The fraction of sp³-hybridized carbons (Fsp3) is 0.294. The summed E-state index contributed by atoms with van der Waals surface area (Å²) >= 11 is 6.14. The second kappa shape index (κ2) is 7.83. The molecule has 0 saturated carbocycles. The summed E-state index contributed by atoms with van der Waals surface area (Å²) in [5.74, 6) is -0.0139. The van der Waals surface area contributed by atoms with Crippen molar-refractivity contribution in [2.45, 2.75) is 19.9 Å². The summed E-state index contributed by atoms with van der Waals surface area (Å²) in [6.07, 6.45) is 0. The second-order valence-corrected chi connectivity index (χ2v) is 5.79. The van der Waals surface area contributed by atoms with Gasteiger partial charge in [-0.15, -0.1) is 0 Å². The van der Waals surface area contributed by atoms with Gasteiger partial charge in [-0.05, 0) is 26.0 Å². The third-order valence-corrected chi connectivity index (χ3v) is 3.41. The maximum absolute atomic E-state index is 11.8. The Balaban J connectivity index is 1.92. The van der Waals surface area contributed by atoms with Crippen molar-refractivity contribution in [1.82, 2.24) is 10.6 Å². The molecule has 2 N–H and O–H groups in total. The highest BCUT2D eigenvalue weighted by atomic mass is 35.5. The minimum absolute atomic E-state index is 0.0380. The SMILES string of the molecule is CC(C)NC(=O)CNC(=O)COc1ccc(Cl)c2ccccc12. The molecular weight excluding hydrogens is 316 g/mol. The first-order chi connectivity index (χ1) is 11.0. The summed E-state index contributed by atoms with van der Waals surface area (Å²) < 4.78 is 5.55. The molecule has 0 spiro atoms. The Kier molecular flexibility index (Phi) is 5.82. The van der Waals surface area contributed by atoms with Crippen LogP contribution in [0.2, 0.25) is 5.02 Å². The number of carbonyl (C=O) groups excluding carboxylic acids is 2. The zero-order chi connectivity index (χ0) is 16.8. The van der Waals surface area contributed by atoms with Crippen molar-refractivity contribution >= 4 is 34.2 Å². The van der Waals surface area contributed by atoms with Crippen LogP contribution in [-0.4, -0.2) is 31.0 Å². The highest BCUT2D eigenvalue weighted by Crippen LogP contribution is 2.31. The maximum atomic E-state index is 11.8. The molecule has 2 rings (SSSR count). The average Bonchev–Trinajstić information content (AvgIpc) is 2.52. The molecule has 0 atom stereocenters. The lowest BCUT2D eigenvalue weighted by Gasteiger charge is -2.11. The molecule has 0 aliphatic carbocycles. The topological polar surface area (TPSA) is 67.4 Å². The monoisotopic (exact) mass is 334 g/mol. The van der Waals surface area contributed by atoms with Crippen LogP contribution in [0.25, 0.3) is 10.8 Å². The van der Waals surface area contributed by atoms with E-state index >= 15 is 0 Å². The van der Waals surface area contributed by atoms with Gasteiger partial charge in [0.05, 0.1) is 6.54 Å². The molecule has 0 saturated heterocycles. The van der Waals surface area contributed by atoms with E-state index in [1.165, 1.54) is 0 Å². The number of benzene rings is 2. The lowest BCUT2D eigenvalue weighted by atomic mass is 10.1.